The van der Waals surface area contributed by atoms with Crippen LogP contribution >= 0.6 is 0 Å². The molecule has 26 heavy (non-hydrogen) atoms. The summed E-state index contributed by atoms with van der Waals surface area (Å²) < 4.78 is 5.57. The number of H-pyrrole nitrogens is 1. The number of nitrogens with zero attached hydrogens (tertiary/aromatic N) is 5. The standard InChI is InChI=1S/C19H18N6O/c1-2-14-22-16-13(8-10-21-17(16)23-14)19-24-18(25-26-19)15-12-6-4-3-5-11(12)7-9-20-15/h7-10H,2-6H2,1H3,(H,21,22,23). The molecule has 0 atom stereocenters. The van der Waals surface area contributed by atoms with Crippen molar-refractivity contribution in [1.82, 2.24) is 30.1 Å². The fourth-order valence-electron chi connectivity index (χ4n) is 3.59. The summed E-state index contributed by atoms with van der Waals surface area (Å²) in [5, 5.41) is 4.20. The Bertz CT molecular complexity index is 1100. The van der Waals surface area contributed by atoms with Crippen LogP contribution in [0.2, 0.25) is 0 Å². The van der Waals surface area contributed by atoms with E-state index in [2.05, 4.69) is 36.1 Å². The van der Waals surface area contributed by atoms with Crippen LogP contribution in [0.3, 0.4) is 0 Å². The number of aryl methyl sites for hydroxylation is 2. The van der Waals surface area contributed by atoms with Gasteiger partial charge in [0.05, 0.1) is 11.1 Å². The molecule has 0 amide bonds. The van der Waals surface area contributed by atoms with E-state index in [1.807, 2.05) is 19.2 Å². The van der Waals surface area contributed by atoms with Gasteiger partial charge in [-0.05, 0) is 48.9 Å². The molecule has 5 rings (SSSR count). The maximum absolute atomic E-state index is 5.57. The lowest BCUT2D eigenvalue weighted by molar-refractivity contribution is 0.432. The molecule has 4 aromatic heterocycles. The predicted octanol–water partition coefficient (Wildman–Crippen LogP) is 3.51. The second-order valence-electron chi connectivity index (χ2n) is 6.52. The normalized spacial score (nSPS) is 13.9. The van der Waals surface area contributed by atoms with E-state index in [4.69, 9.17) is 4.52 Å². The highest BCUT2D eigenvalue weighted by atomic mass is 16.5. The first-order valence-corrected chi connectivity index (χ1v) is 8.98. The number of nitrogens with one attached hydrogen (secondary N) is 1. The summed E-state index contributed by atoms with van der Waals surface area (Å²) in [6.45, 7) is 2.05. The molecule has 1 aliphatic rings. The monoisotopic (exact) mass is 346 g/mol. The molecule has 0 aromatic carbocycles. The number of hydrogen-bond donors (Lipinski definition) is 1. The number of hydrogen-bond acceptors (Lipinski definition) is 6. The van der Waals surface area contributed by atoms with Crippen LogP contribution in [-0.4, -0.2) is 30.1 Å². The van der Waals surface area contributed by atoms with Crippen LogP contribution < -0.4 is 0 Å². The fourth-order valence-corrected chi connectivity index (χ4v) is 3.59. The second kappa shape index (κ2) is 6.01. The van der Waals surface area contributed by atoms with Crippen LogP contribution in [0.4, 0.5) is 0 Å². The molecule has 0 aliphatic heterocycles. The number of aromatic amines is 1. The summed E-state index contributed by atoms with van der Waals surface area (Å²) in [5.41, 5.74) is 5.73. The van der Waals surface area contributed by atoms with E-state index in [0.717, 1.165) is 41.9 Å². The van der Waals surface area contributed by atoms with Crippen molar-refractivity contribution >= 4 is 11.2 Å². The van der Waals surface area contributed by atoms with Gasteiger partial charge in [-0.25, -0.2) is 9.97 Å². The molecule has 130 valence electrons. The first-order valence-electron chi connectivity index (χ1n) is 8.98. The maximum Gasteiger partial charge on any atom is 0.260 e. The van der Waals surface area contributed by atoms with Crippen molar-refractivity contribution < 1.29 is 4.52 Å². The van der Waals surface area contributed by atoms with Gasteiger partial charge < -0.3 is 9.51 Å². The lowest BCUT2D eigenvalue weighted by Crippen LogP contribution is -2.06. The lowest BCUT2D eigenvalue weighted by Gasteiger charge is -2.16. The Kier molecular flexibility index (Phi) is 3.51. The highest BCUT2D eigenvalue weighted by Gasteiger charge is 2.21. The van der Waals surface area contributed by atoms with Crippen molar-refractivity contribution in [1.29, 1.82) is 0 Å². The molecule has 1 aliphatic carbocycles. The molecule has 0 bridgehead atoms. The number of imidazole rings is 1. The van der Waals surface area contributed by atoms with Crippen LogP contribution in [0.1, 0.15) is 36.7 Å². The van der Waals surface area contributed by atoms with Gasteiger partial charge in [0.2, 0.25) is 5.82 Å². The third-order valence-electron chi connectivity index (χ3n) is 4.92. The quantitative estimate of drug-likeness (QED) is 0.610. The molecular formula is C19H18N6O. The van der Waals surface area contributed by atoms with E-state index in [1.165, 1.54) is 24.0 Å². The number of fused-ring (bicyclic) bond motifs is 2. The molecule has 4 aromatic rings. The van der Waals surface area contributed by atoms with E-state index >= 15 is 0 Å². The average Bonchev–Trinajstić information content (AvgIpc) is 3.34. The Morgan fingerprint density at radius 1 is 1.08 bits per heavy atom. The van der Waals surface area contributed by atoms with Crippen LogP contribution in [0.15, 0.2) is 29.0 Å². The molecule has 0 fully saturated rings. The van der Waals surface area contributed by atoms with E-state index in [9.17, 15) is 0 Å². The predicted molar refractivity (Wildman–Crippen MR) is 96.4 cm³/mol. The molecule has 7 heteroatoms. The Hall–Kier alpha value is -3.09. The zero-order valence-electron chi connectivity index (χ0n) is 14.5. The third-order valence-corrected chi connectivity index (χ3v) is 4.92. The van der Waals surface area contributed by atoms with Gasteiger partial charge in [-0.1, -0.05) is 12.1 Å². The fraction of sp³-hybridized carbons (Fsp3) is 0.316. The van der Waals surface area contributed by atoms with Gasteiger partial charge in [0.15, 0.2) is 5.65 Å². The van der Waals surface area contributed by atoms with Crippen molar-refractivity contribution in [2.45, 2.75) is 39.0 Å². The molecule has 0 saturated heterocycles. The zero-order valence-corrected chi connectivity index (χ0v) is 14.5. The first kappa shape index (κ1) is 15.2. The van der Waals surface area contributed by atoms with Crippen molar-refractivity contribution in [2.75, 3.05) is 0 Å². The van der Waals surface area contributed by atoms with Gasteiger partial charge in [-0.2, -0.15) is 4.98 Å². The molecule has 0 saturated carbocycles. The summed E-state index contributed by atoms with van der Waals surface area (Å²) in [6, 6.07) is 3.97. The number of pyridine rings is 2. The van der Waals surface area contributed by atoms with Crippen LogP contribution in [0.25, 0.3) is 34.1 Å². The topological polar surface area (TPSA) is 93.4 Å². The van der Waals surface area contributed by atoms with Gasteiger partial charge in [-0.15, -0.1) is 0 Å². The van der Waals surface area contributed by atoms with Crippen molar-refractivity contribution in [2.24, 2.45) is 0 Å². The second-order valence-corrected chi connectivity index (χ2v) is 6.52. The Morgan fingerprint density at radius 2 is 1.96 bits per heavy atom. The van der Waals surface area contributed by atoms with Crippen LogP contribution in [0.5, 0.6) is 0 Å². The van der Waals surface area contributed by atoms with Crippen LogP contribution in [0, 0.1) is 0 Å². The summed E-state index contributed by atoms with van der Waals surface area (Å²) in [6.07, 6.45) is 8.87. The first-order chi connectivity index (χ1) is 12.8. The molecule has 0 unspecified atom stereocenters. The van der Waals surface area contributed by atoms with E-state index in [-0.39, 0.29) is 0 Å². The Labute approximate surface area is 149 Å². The summed E-state index contributed by atoms with van der Waals surface area (Å²) in [4.78, 5) is 21.2. The molecule has 4 heterocycles. The Morgan fingerprint density at radius 3 is 2.88 bits per heavy atom. The van der Waals surface area contributed by atoms with Gasteiger partial charge in [0, 0.05) is 18.8 Å². The molecule has 0 spiro atoms. The van der Waals surface area contributed by atoms with E-state index in [0.29, 0.717) is 17.4 Å². The van der Waals surface area contributed by atoms with E-state index < -0.39 is 0 Å². The highest BCUT2D eigenvalue weighted by molar-refractivity contribution is 5.87. The minimum atomic E-state index is 0.453. The third kappa shape index (κ3) is 2.39. The smallest absolute Gasteiger partial charge is 0.260 e. The highest BCUT2D eigenvalue weighted by Crippen LogP contribution is 2.31. The zero-order chi connectivity index (χ0) is 17.5. The van der Waals surface area contributed by atoms with Gasteiger partial charge in [0.25, 0.3) is 5.89 Å². The maximum atomic E-state index is 5.57. The minimum absolute atomic E-state index is 0.453. The molecule has 1 N–H and O–H groups in total. The largest absolute Gasteiger partial charge is 0.340 e. The van der Waals surface area contributed by atoms with Gasteiger partial charge in [0.1, 0.15) is 11.5 Å². The van der Waals surface area contributed by atoms with Gasteiger partial charge >= 0.3 is 0 Å². The summed E-state index contributed by atoms with van der Waals surface area (Å²) in [7, 11) is 0. The van der Waals surface area contributed by atoms with Crippen molar-refractivity contribution in [3.63, 3.8) is 0 Å². The summed E-state index contributed by atoms with van der Waals surface area (Å²) >= 11 is 0. The van der Waals surface area contributed by atoms with Crippen LogP contribution in [-0.2, 0) is 19.3 Å². The SMILES string of the molecule is CCc1nc2nccc(-c3nc(-c4nccc5c4CCCC5)no3)c2[nH]1. The van der Waals surface area contributed by atoms with Crippen molar-refractivity contribution in [3.05, 3.63) is 41.5 Å². The average molecular weight is 346 g/mol. The minimum Gasteiger partial charge on any atom is -0.340 e. The molecule has 7 nitrogen and oxygen atoms in total. The summed E-state index contributed by atoms with van der Waals surface area (Å²) in [5.74, 6) is 1.88. The Balaban J connectivity index is 1.61. The number of rotatable bonds is 3. The molecular weight excluding hydrogens is 328 g/mol. The van der Waals surface area contributed by atoms with E-state index in [1.54, 1.807) is 6.20 Å². The van der Waals surface area contributed by atoms with Crippen molar-refractivity contribution in [3.8, 4) is 23.0 Å². The lowest BCUT2D eigenvalue weighted by atomic mass is 9.91. The molecule has 0 radical (unpaired) electrons. The number of aromatic nitrogens is 6. The van der Waals surface area contributed by atoms with Gasteiger partial charge in [-0.3, -0.25) is 4.98 Å².